The van der Waals surface area contributed by atoms with Crippen LogP contribution in [0.4, 0.5) is 0 Å². The first-order chi connectivity index (χ1) is 10.6. The van der Waals surface area contributed by atoms with Gasteiger partial charge in [-0.05, 0) is 43.4 Å². The third-order valence-corrected chi connectivity index (χ3v) is 3.30. The van der Waals surface area contributed by atoms with E-state index in [-0.39, 0.29) is 6.42 Å². The number of hydrogen-bond acceptors (Lipinski definition) is 4. The lowest BCUT2D eigenvalue weighted by Gasteiger charge is -2.09. The normalized spacial score (nSPS) is 9.82. The van der Waals surface area contributed by atoms with E-state index in [1.54, 1.807) is 6.08 Å². The minimum Gasteiger partial charge on any atom is -0.468 e. The van der Waals surface area contributed by atoms with E-state index in [9.17, 15) is 9.59 Å². The summed E-state index contributed by atoms with van der Waals surface area (Å²) in [6.45, 7) is 1.98. The van der Waals surface area contributed by atoms with Gasteiger partial charge >= 0.3 is 11.9 Å². The number of allylic oxidation sites excluding steroid dienone is 1. The van der Waals surface area contributed by atoms with Crippen molar-refractivity contribution in [3.8, 4) is 0 Å². The highest BCUT2D eigenvalue weighted by molar-refractivity contribution is 5.94. The number of methoxy groups -OCH3 is 2. The number of rotatable bonds is 7. The van der Waals surface area contributed by atoms with Crippen molar-refractivity contribution in [3.63, 3.8) is 0 Å². The number of carbonyl (C=O) groups excluding carboxylic acids is 2. The molecule has 0 atom stereocenters. The van der Waals surface area contributed by atoms with Gasteiger partial charge in [-0.1, -0.05) is 30.3 Å². The van der Waals surface area contributed by atoms with Gasteiger partial charge in [0, 0.05) is 0 Å². The summed E-state index contributed by atoms with van der Waals surface area (Å²) < 4.78 is 9.21. The molecule has 0 aliphatic carbocycles. The maximum Gasteiger partial charge on any atom is 0.320 e. The molecule has 1 aromatic carbocycles. The van der Waals surface area contributed by atoms with Crippen molar-refractivity contribution < 1.29 is 19.1 Å². The van der Waals surface area contributed by atoms with E-state index in [2.05, 4.69) is 27.3 Å². The van der Waals surface area contributed by atoms with E-state index in [4.69, 9.17) is 0 Å². The first kappa shape index (κ1) is 17.7. The van der Waals surface area contributed by atoms with Crippen molar-refractivity contribution in [1.82, 2.24) is 0 Å². The standard InChI is InChI=1S/C18H22O4/c1-14(12-13-15-9-5-4-6-10-15)8-7-11-16(17(19)21-2)18(20)22-3/h4-7,9-10,16H,11-13H2,1-3H3. The first-order valence-electron chi connectivity index (χ1n) is 7.18. The van der Waals surface area contributed by atoms with Gasteiger partial charge < -0.3 is 9.47 Å². The summed E-state index contributed by atoms with van der Waals surface area (Å²) in [5.41, 5.74) is 5.45. The fraction of sp³-hybridized carbons (Fsp3) is 0.389. The average Bonchev–Trinajstić information content (AvgIpc) is 2.56. The quantitative estimate of drug-likeness (QED) is 0.441. The highest BCUT2D eigenvalue weighted by Gasteiger charge is 2.27. The second-order valence-corrected chi connectivity index (χ2v) is 4.95. The van der Waals surface area contributed by atoms with Crippen LogP contribution >= 0.6 is 0 Å². The van der Waals surface area contributed by atoms with Gasteiger partial charge in [0.15, 0.2) is 5.92 Å². The number of ether oxygens (including phenoxy) is 2. The summed E-state index contributed by atoms with van der Waals surface area (Å²) in [5, 5.41) is 0. The lowest BCUT2D eigenvalue weighted by molar-refractivity contribution is -0.158. The third-order valence-electron chi connectivity index (χ3n) is 3.30. The third kappa shape index (κ3) is 5.98. The van der Waals surface area contributed by atoms with Crippen LogP contribution in [0.15, 0.2) is 47.7 Å². The van der Waals surface area contributed by atoms with Crippen molar-refractivity contribution in [2.24, 2.45) is 5.92 Å². The molecular formula is C18H22O4. The monoisotopic (exact) mass is 302 g/mol. The molecule has 4 nitrogen and oxygen atoms in total. The topological polar surface area (TPSA) is 52.6 Å². The van der Waals surface area contributed by atoms with Crippen molar-refractivity contribution in [2.45, 2.75) is 26.2 Å². The van der Waals surface area contributed by atoms with E-state index in [0.29, 0.717) is 0 Å². The molecule has 0 amide bonds. The Kier molecular flexibility index (Phi) is 7.73. The molecule has 0 aliphatic rings. The summed E-state index contributed by atoms with van der Waals surface area (Å²) >= 11 is 0. The number of hydrogen-bond donors (Lipinski definition) is 0. The van der Waals surface area contributed by atoms with E-state index in [0.717, 1.165) is 18.4 Å². The van der Waals surface area contributed by atoms with E-state index >= 15 is 0 Å². The minimum atomic E-state index is -0.926. The smallest absolute Gasteiger partial charge is 0.320 e. The molecule has 1 rings (SSSR count). The van der Waals surface area contributed by atoms with Gasteiger partial charge in [-0.15, -0.1) is 5.73 Å². The van der Waals surface area contributed by atoms with Gasteiger partial charge in [0.1, 0.15) is 0 Å². The average molecular weight is 302 g/mol. The molecule has 1 aromatic rings. The van der Waals surface area contributed by atoms with Gasteiger partial charge in [0.05, 0.1) is 14.2 Å². The molecule has 22 heavy (non-hydrogen) atoms. The van der Waals surface area contributed by atoms with E-state index in [1.165, 1.54) is 19.8 Å². The maximum absolute atomic E-state index is 11.5. The van der Waals surface area contributed by atoms with Crippen LogP contribution in [-0.4, -0.2) is 26.2 Å². The predicted octanol–water partition coefficient (Wildman–Crippen LogP) is 3.07. The van der Waals surface area contributed by atoms with Crippen molar-refractivity contribution in [3.05, 3.63) is 53.3 Å². The molecule has 0 spiro atoms. The Bertz CT molecular complexity index is 538. The molecular weight excluding hydrogens is 280 g/mol. The molecule has 0 unspecified atom stereocenters. The SMILES string of the molecule is COC(=O)C(CC=C=C(C)CCc1ccccc1)C(=O)OC. The molecule has 0 aliphatic heterocycles. The highest BCUT2D eigenvalue weighted by Crippen LogP contribution is 2.11. The molecule has 0 N–H and O–H groups in total. The molecule has 0 heterocycles. The van der Waals surface area contributed by atoms with Gasteiger partial charge in [-0.25, -0.2) is 0 Å². The molecule has 0 bridgehead atoms. The van der Waals surface area contributed by atoms with Crippen LogP contribution in [0.2, 0.25) is 0 Å². The fourth-order valence-corrected chi connectivity index (χ4v) is 1.97. The Morgan fingerprint density at radius 2 is 1.73 bits per heavy atom. The van der Waals surface area contributed by atoms with Gasteiger partial charge in [-0.3, -0.25) is 9.59 Å². The summed E-state index contributed by atoms with van der Waals surface area (Å²) in [4.78, 5) is 23.0. The number of benzene rings is 1. The number of aryl methyl sites for hydroxylation is 1. The van der Waals surface area contributed by atoms with Crippen LogP contribution in [-0.2, 0) is 25.5 Å². The zero-order chi connectivity index (χ0) is 16.4. The first-order valence-corrected chi connectivity index (χ1v) is 7.18. The molecule has 0 radical (unpaired) electrons. The summed E-state index contributed by atoms with van der Waals surface area (Å²) in [6, 6.07) is 10.2. The second kappa shape index (κ2) is 9.59. The summed E-state index contributed by atoms with van der Waals surface area (Å²) in [6.07, 6.45) is 3.73. The van der Waals surface area contributed by atoms with Gasteiger partial charge in [0.25, 0.3) is 0 Å². The largest absolute Gasteiger partial charge is 0.468 e. The Morgan fingerprint density at radius 1 is 1.14 bits per heavy atom. The Hall–Kier alpha value is -2.32. The van der Waals surface area contributed by atoms with Gasteiger partial charge in [-0.2, -0.15) is 0 Å². The van der Waals surface area contributed by atoms with Crippen molar-refractivity contribution >= 4 is 11.9 Å². The Morgan fingerprint density at radius 3 is 2.27 bits per heavy atom. The molecule has 4 heteroatoms. The molecule has 118 valence electrons. The van der Waals surface area contributed by atoms with Crippen LogP contribution in [0.3, 0.4) is 0 Å². The van der Waals surface area contributed by atoms with Crippen LogP contribution in [0.25, 0.3) is 0 Å². The Labute approximate surface area is 131 Å². The minimum absolute atomic E-state index is 0.224. The highest BCUT2D eigenvalue weighted by atomic mass is 16.5. The number of carbonyl (C=O) groups is 2. The lowest BCUT2D eigenvalue weighted by atomic mass is 10.0. The molecule has 0 saturated carbocycles. The second-order valence-electron chi connectivity index (χ2n) is 4.95. The zero-order valence-corrected chi connectivity index (χ0v) is 13.3. The summed E-state index contributed by atoms with van der Waals surface area (Å²) in [7, 11) is 2.51. The van der Waals surface area contributed by atoms with E-state index < -0.39 is 17.9 Å². The maximum atomic E-state index is 11.5. The zero-order valence-electron chi connectivity index (χ0n) is 13.3. The van der Waals surface area contributed by atoms with Gasteiger partial charge in [0.2, 0.25) is 0 Å². The van der Waals surface area contributed by atoms with Crippen molar-refractivity contribution in [1.29, 1.82) is 0 Å². The fourth-order valence-electron chi connectivity index (χ4n) is 1.97. The van der Waals surface area contributed by atoms with Crippen molar-refractivity contribution in [2.75, 3.05) is 14.2 Å². The van der Waals surface area contributed by atoms with Crippen LogP contribution in [0, 0.1) is 5.92 Å². The van der Waals surface area contributed by atoms with Crippen LogP contribution in [0.5, 0.6) is 0 Å². The predicted molar refractivity (Wildman–Crippen MR) is 84.2 cm³/mol. The number of esters is 2. The summed E-state index contributed by atoms with van der Waals surface area (Å²) in [5.74, 6) is -2.11. The Balaban J connectivity index is 2.59. The van der Waals surface area contributed by atoms with Crippen LogP contribution < -0.4 is 0 Å². The molecule has 0 saturated heterocycles. The van der Waals surface area contributed by atoms with Crippen LogP contribution in [0.1, 0.15) is 25.3 Å². The van der Waals surface area contributed by atoms with E-state index in [1.807, 2.05) is 25.1 Å². The molecule has 0 fully saturated rings. The lowest BCUT2D eigenvalue weighted by Crippen LogP contribution is -2.25. The molecule has 0 aromatic heterocycles.